The van der Waals surface area contributed by atoms with E-state index in [4.69, 9.17) is 22.1 Å². The maximum Gasteiger partial charge on any atom is 0.705 e. The lowest BCUT2D eigenvalue weighted by molar-refractivity contribution is -0.147. The molecule has 0 radical (unpaired) electrons. The lowest BCUT2D eigenvalue weighted by Gasteiger charge is -2.34. The Morgan fingerprint density at radius 1 is 1.06 bits per heavy atom. The van der Waals surface area contributed by atoms with Crippen molar-refractivity contribution >= 4 is 35.3 Å². The molecule has 2 rings (SSSR count). The molecule has 9 nitrogen and oxygen atoms in total. The van der Waals surface area contributed by atoms with Crippen molar-refractivity contribution in [3.63, 3.8) is 0 Å². The molecule has 1 heterocycles. The van der Waals surface area contributed by atoms with Gasteiger partial charge in [0.05, 0.1) is 12.7 Å². The first-order valence-electron chi connectivity index (χ1n) is 10.6. The quantitative estimate of drug-likeness (QED) is 0.465. The van der Waals surface area contributed by atoms with Crippen LogP contribution < -0.4 is 4.43 Å². The third-order valence-corrected chi connectivity index (χ3v) is 10.2. The summed E-state index contributed by atoms with van der Waals surface area (Å²) < 4.78 is 28.1. The molecule has 0 amide bonds. The fraction of sp³-hybridized carbons (Fsp3) is 0.571. The molecule has 1 atom stereocenters. The van der Waals surface area contributed by atoms with Crippen LogP contribution in [0.1, 0.15) is 38.3 Å². The minimum Gasteiger partial charge on any atom is -0.520 e. The summed E-state index contributed by atoms with van der Waals surface area (Å²) >= 11 is 0. The van der Waals surface area contributed by atoms with E-state index in [1.54, 1.807) is 0 Å². The van der Waals surface area contributed by atoms with Gasteiger partial charge in [-0.1, -0.05) is 6.07 Å². The zero-order valence-electron chi connectivity index (χ0n) is 19.7. The average molecular weight is 484 g/mol. The SMILES string of the molecule is CC(=O)O[Si](CCc1ccc2c(c1)CO[Si](C)(CCCN(C)C)O2)(OC(C)=O)OC(C)=O. The van der Waals surface area contributed by atoms with E-state index < -0.39 is 35.3 Å². The van der Waals surface area contributed by atoms with Gasteiger partial charge in [-0.3, -0.25) is 14.4 Å². The Hall–Kier alpha value is -2.22. The maximum absolute atomic E-state index is 11.6. The summed E-state index contributed by atoms with van der Waals surface area (Å²) in [5, 5.41) is 0. The van der Waals surface area contributed by atoms with E-state index in [2.05, 4.69) is 11.4 Å². The van der Waals surface area contributed by atoms with Crippen molar-refractivity contribution in [3.05, 3.63) is 29.3 Å². The highest BCUT2D eigenvalue weighted by molar-refractivity contribution is 6.67. The monoisotopic (exact) mass is 483 g/mol. The summed E-state index contributed by atoms with van der Waals surface area (Å²) in [6.07, 6.45) is 1.39. The molecule has 178 valence electrons. The first-order valence-corrected chi connectivity index (χ1v) is 15.1. The van der Waals surface area contributed by atoms with Gasteiger partial charge < -0.3 is 27.0 Å². The van der Waals surface area contributed by atoms with Crippen LogP contribution in [0, 0.1) is 0 Å². The number of carbonyl (C=O) groups excluding carboxylic acids is 3. The lowest BCUT2D eigenvalue weighted by atomic mass is 10.1. The summed E-state index contributed by atoms with van der Waals surface area (Å²) in [5.41, 5.74) is 1.83. The second kappa shape index (κ2) is 11.1. The van der Waals surface area contributed by atoms with E-state index in [-0.39, 0.29) is 6.04 Å². The van der Waals surface area contributed by atoms with Gasteiger partial charge in [-0.25, -0.2) is 0 Å². The van der Waals surface area contributed by atoms with Crippen molar-refractivity contribution < 1.29 is 36.5 Å². The number of benzene rings is 1. The van der Waals surface area contributed by atoms with Crippen LogP contribution in [0.4, 0.5) is 0 Å². The van der Waals surface area contributed by atoms with Crippen LogP contribution in [0.2, 0.25) is 18.6 Å². The Labute approximate surface area is 191 Å². The number of aryl methyl sites for hydroxylation is 1. The van der Waals surface area contributed by atoms with Crippen LogP contribution in [0.5, 0.6) is 5.75 Å². The predicted molar refractivity (Wildman–Crippen MR) is 121 cm³/mol. The van der Waals surface area contributed by atoms with E-state index in [9.17, 15) is 14.4 Å². The van der Waals surface area contributed by atoms with Gasteiger partial charge in [0.15, 0.2) is 0 Å². The molecule has 0 aliphatic carbocycles. The first kappa shape index (κ1) is 26.0. The fourth-order valence-corrected chi connectivity index (χ4v) is 8.07. The number of hydrogen-bond acceptors (Lipinski definition) is 9. The van der Waals surface area contributed by atoms with Crippen molar-refractivity contribution in [1.29, 1.82) is 0 Å². The van der Waals surface area contributed by atoms with Crippen molar-refractivity contribution in [2.24, 2.45) is 0 Å². The molecule has 1 aromatic carbocycles. The number of carbonyl (C=O) groups is 3. The zero-order chi connectivity index (χ0) is 23.9. The Kier molecular flexibility index (Phi) is 9.02. The van der Waals surface area contributed by atoms with Gasteiger partial charge in [-0.2, -0.15) is 0 Å². The van der Waals surface area contributed by atoms with Crippen molar-refractivity contribution in [1.82, 2.24) is 4.90 Å². The minimum atomic E-state index is -3.86. The third-order valence-electron chi connectivity index (χ3n) is 4.84. The average Bonchev–Trinajstić information content (AvgIpc) is 2.64. The highest BCUT2D eigenvalue weighted by atomic mass is 28.4. The maximum atomic E-state index is 11.6. The molecule has 1 aromatic rings. The molecule has 11 heteroatoms. The fourth-order valence-electron chi connectivity index (χ4n) is 3.50. The smallest absolute Gasteiger partial charge is 0.520 e. The largest absolute Gasteiger partial charge is 0.705 e. The number of fused-ring (bicyclic) bond motifs is 1. The minimum absolute atomic E-state index is 0.0865. The van der Waals surface area contributed by atoms with E-state index in [1.807, 2.05) is 32.3 Å². The zero-order valence-corrected chi connectivity index (χ0v) is 21.7. The number of nitrogens with zero attached hydrogens (tertiary/aromatic N) is 1. The molecule has 0 saturated heterocycles. The van der Waals surface area contributed by atoms with Crippen LogP contribution >= 0.6 is 0 Å². The molecular weight excluding hydrogens is 450 g/mol. The van der Waals surface area contributed by atoms with Crippen LogP contribution in [0.3, 0.4) is 0 Å². The van der Waals surface area contributed by atoms with Gasteiger partial charge in [-0.15, -0.1) is 0 Å². The van der Waals surface area contributed by atoms with Gasteiger partial charge >= 0.3 is 17.4 Å². The van der Waals surface area contributed by atoms with E-state index in [0.717, 1.165) is 35.9 Å². The van der Waals surface area contributed by atoms with Crippen molar-refractivity contribution in [2.75, 3.05) is 20.6 Å². The molecule has 1 aliphatic heterocycles. The Morgan fingerprint density at radius 2 is 1.66 bits per heavy atom. The summed E-state index contributed by atoms with van der Waals surface area (Å²) in [5.74, 6) is -1.21. The van der Waals surface area contributed by atoms with Crippen molar-refractivity contribution in [3.8, 4) is 5.75 Å². The molecule has 1 unspecified atom stereocenters. The van der Waals surface area contributed by atoms with Gasteiger partial charge in [-0.05, 0) is 57.7 Å². The normalized spacial score (nSPS) is 17.8. The Balaban J connectivity index is 2.11. The van der Waals surface area contributed by atoms with E-state index >= 15 is 0 Å². The molecule has 0 fully saturated rings. The second-order valence-corrected chi connectivity index (χ2v) is 14.1. The standard InChI is InChI=1S/C21H33NO8Si2/c1-16(23)27-32(28-17(2)24,29-18(3)25)13-10-19-8-9-21-20(14-19)15-26-31(6,30-21)12-7-11-22(4)5/h8-9,14H,7,10-13,15H2,1-6H3. The summed E-state index contributed by atoms with van der Waals surface area (Å²) in [4.78, 5) is 36.9. The topological polar surface area (TPSA) is 101 Å². The molecule has 0 saturated carbocycles. The van der Waals surface area contributed by atoms with E-state index in [0.29, 0.717) is 13.0 Å². The van der Waals surface area contributed by atoms with Crippen LogP contribution in [0.15, 0.2) is 18.2 Å². The third kappa shape index (κ3) is 8.04. The molecule has 0 spiro atoms. The molecule has 32 heavy (non-hydrogen) atoms. The van der Waals surface area contributed by atoms with Gasteiger partial charge in [0.25, 0.3) is 17.9 Å². The lowest BCUT2D eigenvalue weighted by Crippen LogP contribution is -2.49. The van der Waals surface area contributed by atoms with Crippen LogP contribution in [-0.4, -0.2) is 60.8 Å². The summed E-state index contributed by atoms with van der Waals surface area (Å²) in [6, 6.07) is 6.78. The number of hydrogen-bond donors (Lipinski definition) is 0. The highest BCUT2D eigenvalue weighted by Crippen LogP contribution is 2.33. The molecule has 0 bridgehead atoms. The number of rotatable bonds is 10. The van der Waals surface area contributed by atoms with Crippen LogP contribution in [-0.2, 0) is 45.1 Å². The van der Waals surface area contributed by atoms with Gasteiger partial charge in [0.1, 0.15) is 5.75 Å². The highest BCUT2D eigenvalue weighted by Gasteiger charge is 2.51. The second-order valence-electron chi connectivity index (χ2n) is 8.34. The molecule has 0 N–H and O–H groups in total. The van der Waals surface area contributed by atoms with Crippen LogP contribution in [0.25, 0.3) is 0 Å². The predicted octanol–water partition coefficient (Wildman–Crippen LogP) is 2.79. The Morgan fingerprint density at radius 3 is 2.19 bits per heavy atom. The van der Waals surface area contributed by atoms with Gasteiger partial charge in [0.2, 0.25) is 0 Å². The van der Waals surface area contributed by atoms with Crippen molar-refractivity contribution in [2.45, 2.75) is 58.9 Å². The molecule has 1 aliphatic rings. The molecular formula is C21H33NO8Si2. The van der Waals surface area contributed by atoms with E-state index in [1.165, 1.54) is 20.8 Å². The molecule has 0 aromatic heterocycles. The Bertz CT molecular complexity index is 806. The first-order chi connectivity index (χ1) is 14.9. The van der Waals surface area contributed by atoms with Gasteiger partial charge in [0, 0.05) is 32.4 Å². The summed E-state index contributed by atoms with van der Waals surface area (Å²) in [7, 11) is -2.03. The summed E-state index contributed by atoms with van der Waals surface area (Å²) in [6.45, 7) is 7.08.